The molecule has 1 N–H and O–H groups in total. The van der Waals surface area contributed by atoms with Gasteiger partial charge in [-0.2, -0.15) is 0 Å². The van der Waals surface area contributed by atoms with Crippen LogP contribution in [0.15, 0.2) is 54.6 Å². The summed E-state index contributed by atoms with van der Waals surface area (Å²) in [5.74, 6) is 0.699. The summed E-state index contributed by atoms with van der Waals surface area (Å²) in [6, 6.07) is 18.9. The highest BCUT2D eigenvalue weighted by Gasteiger charge is 2.60. The summed E-state index contributed by atoms with van der Waals surface area (Å²) in [4.78, 5) is 18.6. The van der Waals surface area contributed by atoms with Crippen LogP contribution in [-0.4, -0.2) is 46.0 Å². The highest BCUT2D eigenvalue weighted by Crippen LogP contribution is 2.53. The topological polar surface area (TPSA) is 43.8 Å². The lowest BCUT2D eigenvalue weighted by Gasteiger charge is -2.39. The maximum Gasteiger partial charge on any atom is 0.230 e. The molecule has 152 valence electrons. The van der Waals surface area contributed by atoms with Crippen molar-refractivity contribution in [3.8, 4) is 5.75 Å². The van der Waals surface area contributed by atoms with Gasteiger partial charge < -0.3 is 10.0 Å². The summed E-state index contributed by atoms with van der Waals surface area (Å²) in [5.41, 5.74) is 2.08. The molecule has 0 aliphatic carbocycles. The number of aromatic hydroxyl groups is 1. The Labute approximate surface area is 173 Å². The molecular weight excluding hydrogens is 360 g/mol. The van der Waals surface area contributed by atoms with Crippen molar-refractivity contribution in [3.63, 3.8) is 0 Å². The highest BCUT2D eigenvalue weighted by molar-refractivity contribution is 5.85. The Kier molecular flexibility index (Phi) is 4.83. The van der Waals surface area contributed by atoms with E-state index in [4.69, 9.17) is 0 Å². The zero-order chi connectivity index (χ0) is 19.8. The lowest BCUT2D eigenvalue weighted by Crippen LogP contribution is -2.51. The maximum absolute atomic E-state index is 13.9. The minimum absolute atomic E-state index is 0.281. The van der Waals surface area contributed by atoms with Gasteiger partial charge in [0.2, 0.25) is 5.91 Å². The number of benzene rings is 2. The molecule has 2 aromatic carbocycles. The van der Waals surface area contributed by atoms with Crippen molar-refractivity contribution in [2.75, 3.05) is 13.1 Å². The molecule has 3 aliphatic rings. The summed E-state index contributed by atoms with van der Waals surface area (Å²) in [6.45, 7) is 2.65. The monoisotopic (exact) mass is 390 g/mol. The van der Waals surface area contributed by atoms with E-state index < -0.39 is 0 Å². The molecule has 29 heavy (non-hydrogen) atoms. The minimum atomic E-state index is -0.314. The second-order valence-electron chi connectivity index (χ2n) is 9.11. The van der Waals surface area contributed by atoms with Gasteiger partial charge in [-0.3, -0.25) is 9.69 Å². The first-order valence-electron chi connectivity index (χ1n) is 11.0. The lowest BCUT2D eigenvalue weighted by atomic mass is 9.69. The van der Waals surface area contributed by atoms with Crippen molar-refractivity contribution in [1.82, 2.24) is 9.80 Å². The quantitative estimate of drug-likeness (QED) is 0.840. The molecule has 2 aromatic rings. The lowest BCUT2D eigenvalue weighted by molar-refractivity contribution is -0.143. The van der Waals surface area contributed by atoms with Crippen LogP contribution in [0.25, 0.3) is 0 Å². The highest BCUT2D eigenvalue weighted by atomic mass is 16.3. The Balaban J connectivity index is 1.47. The van der Waals surface area contributed by atoms with Crippen LogP contribution in [0.4, 0.5) is 0 Å². The molecule has 0 spiro atoms. The van der Waals surface area contributed by atoms with E-state index in [9.17, 15) is 9.90 Å². The Bertz CT molecular complexity index is 877. The van der Waals surface area contributed by atoms with Gasteiger partial charge in [-0.25, -0.2) is 0 Å². The van der Waals surface area contributed by atoms with Crippen LogP contribution in [0.3, 0.4) is 0 Å². The molecule has 4 heteroatoms. The van der Waals surface area contributed by atoms with E-state index in [1.807, 2.05) is 18.2 Å². The normalized spacial score (nSPS) is 28.9. The van der Waals surface area contributed by atoms with Crippen molar-refractivity contribution in [2.24, 2.45) is 5.41 Å². The average molecular weight is 391 g/mol. The third kappa shape index (κ3) is 3.33. The number of carbonyl (C=O) groups is 1. The summed E-state index contributed by atoms with van der Waals surface area (Å²) in [5, 5.41) is 9.88. The Hall–Kier alpha value is -2.33. The predicted octanol–water partition coefficient (Wildman–Crippen LogP) is 3.98. The van der Waals surface area contributed by atoms with Crippen molar-refractivity contribution in [2.45, 2.75) is 57.2 Å². The molecular formula is C25H30N2O2. The number of fused-ring (bicyclic) bond motifs is 2. The number of rotatable bonds is 5. The number of nitrogens with zero attached hydrogens (tertiary/aromatic N) is 2. The van der Waals surface area contributed by atoms with Crippen LogP contribution in [0, 0.1) is 5.41 Å². The van der Waals surface area contributed by atoms with E-state index in [2.05, 4.69) is 40.1 Å². The van der Waals surface area contributed by atoms with Gasteiger partial charge >= 0.3 is 0 Å². The second-order valence-corrected chi connectivity index (χ2v) is 9.11. The molecule has 0 saturated carbocycles. The molecule has 5 rings (SSSR count). The third-order valence-corrected chi connectivity index (χ3v) is 7.34. The van der Waals surface area contributed by atoms with Gasteiger partial charge in [0.05, 0.1) is 5.41 Å². The summed E-state index contributed by atoms with van der Waals surface area (Å²) >= 11 is 0. The van der Waals surface area contributed by atoms with Crippen molar-refractivity contribution in [1.29, 1.82) is 0 Å². The van der Waals surface area contributed by atoms with Gasteiger partial charge in [-0.05, 0) is 61.8 Å². The standard InChI is InChI=1S/C25H30N2O2/c28-22-10-6-9-20(15-22)18-27-21-11-12-23(27)25(17-21,16-19-7-2-1-3-8-19)24(29)26-13-4-5-14-26/h1-3,6-10,15,21,23,28H,4-5,11-14,16-18H2/t21-,23+,25+/m0/s1. The number of phenolic OH excluding ortho intramolecular Hbond substituents is 1. The van der Waals surface area contributed by atoms with Crippen molar-refractivity contribution in [3.05, 3.63) is 65.7 Å². The molecule has 3 fully saturated rings. The van der Waals surface area contributed by atoms with Crippen LogP contribution in [-0.2, 0) is 17.8 Å². The SMILES string of the molecule is O=C(N1CCCC1)[C@]1(Cc2ccccc2)C[C@@H]2CC[C@H]1N2Cc1cccc(O)c1. The van der Waals surface area contributed by atoms with Crippen LogP contribution in [0.2, 0.25) is 0 Å². The molecule has 3 aliphatic heterocycles. The van der Waals surface area contributed by atoms with E-state index in [0.717, 1.165) is 57.3 Å². The van der Waals surface area contributed by atoms with Gasteiger partial charge in [-0.15, -0.1) is 0 Å². The molecule has 3 atom stereocenters. The first-order chi connectivity index (χ1) is 14.2. The minimum Gasteiger partial charge on any atom is -0.508 e. The Morgan fingerprint density at radius 1 is 1.00 bits per heavy atom. The molecule has 3 heterocycles. The summed E-state index contributed by atoms with van der Waals surface area (Å²) in [6.07, 6.45) is 6.33. The van der Waals surface area contributed by atoms with Gasteiger partial charge in [0, 0.05) is 31.7 Å². The number of amides is 1. The van der Waals surface area contributed by atoms with Crippen molar-refractivity contribution >= 4 is 5.91 Å². The fraction of sp³-hybridized carbons (Fsp3) is 0.480. The van der Waals surface area contributed by atoms with E-state index in [1.165, 1.54) is 12.0 Å². The van der Waals surface area contributed by atoms with E-state index >= 15 is 0 Å². The first-order valence-corrected chi connectivity index (χ1v) is 11.0. The van der Waals surface area contributed by atoms with E-state index in [-0.39, 0.29) is 11.5 Å². The molecule has 4 nitrogen and oxygen atoms in total. The Morgan fingerprint density at radius 3 is 2.52 bits per heavy atom. The summed E-state index contributed by atoms with van der Waals surface area (Å²) in [7, 11) is 0. The number of carbonyl (C=O) groups excluding carboxylic acids is 1. The number of hydrogen-bond donors (Lipinski definition) is 1. The molecule has 0 radical (unpaired) electrons. The largest absolute Gasteiger partial charge is 0.508 e. The number of phenols is 1. The van der Waals surface area contributed by atoms with Gasteiger partial charge in [0.15, 0.2) is 0 Å². The fourth-order valence-corrected chi connectivity index (χ4v) is 6.10. The molecule has 1 amide bonds. The molecule has 0 aromatic heterocycles. The van der Waals surface area contributed by atoms with E-state index in [1.54, 1.807) is 6.07 Å². The number of likely N-dealkylation sites (tertiary alicyclic amines) is 1. The number of hydrogen-bond acceptors (Lipinski definition) is 3. The Morgan fingerprint density at radius 2 is 1.76 bits per heavy atom. The van der Waals surface area contributed by atoms with Crippen molar-refractivity contribution < 1.29 is 9.90 Å². The smallest absolute Gasteiger partial charge is 0.230 e. The van der Waals surface area contributed by atoms with Crippen LogP contribution in [0.1, 0.15) is 43.2 Å². The molecule has 0 unspecified atom stereocenters. The van der Waals surface area contributed by atoms with Gasteiger partial charge in [-0.1, -0.05) is 42.5 Å². The van der Waals surface area contributed by atoms with Crippen LogP contribution >= 0.6 is 0 Å². The maximum atomic E-state index is 13.9. The van der Waals surface area contributed by atoms with Crippen LogP contribution < -0.4 is 0 Å². The average Bonchev–Trinajstić information content (AvgIpc) is 3.45. The molecule has 2 bridgehead atoms. The fourth-order valence-electron chi connectivity index (χ4n) is 6.10. The first kappa shape index (κ1) is 18.7. The predicted molar refractivity (Wildman–Crippen MR) is 113 cm³/mol. The van der Waals surface area contributed by atoms with Gasteiger partial charge in [0.1, 0.15) is 5.75 Å². The zero-order valence-corrected chi connectivity index (χ0v) is 17.0. The third-order valence-electron chi connectivity index (χ3n) is 7.34. The second kappa shape index (κ2) is 7.49. The van der Waals surface area contributed by atoms with Gasteiger partial charge in [0.25, 0.3) is 0 Å². The van der Waals surface area contributed by atoms with E-state index in [0.29, 0.717) is 17.7 Å². The summed E-state index contributed by atoms with van der Waals surface area (Å²) < 4.78 is 0. The molecule has 3 saturated heterocycles. The van der Waals surface area contributed by atoms with Crippen LogP contribution in [0.5, 0.6) is 5.75 Å². The zero-order valence-electron chi connectivity index (χ0n) is 17.0.